The van der Waals surface area contributed by atoms with Gasteiger partial charge in [0.2, 0.25) is 0 Å². The van der Waals surface area contributed by atoms with Crippen molar-refractivity contribution in [1.29, 1.82) is 0 Å². The molecular formula is C19H31FIN5. The summed E-state index contributed by atoms with van der Waals surface area (Å²) < 4.78 is 13.0. The molecule has 2 saturated heterocycles. The van der Waals surface area contributed by atoms with Gasteiger partial charge in [0.25, 0.3) is 0 Å². The molecule has 0 spiro atoms. The van der Waals surface area contributed by atoms with Gasteiger partial charge in [-0.05, 0) is 56.1 Å². The van der Waals surface area contributed by atoms with Gasteiger partial charge in [-0.2, -0.15) is 0 Å². The number of hydrogen-bond donors (Lipinski definition) is 1. The van der Waals surface area contributed by atoms with E-state index in [2.05, 4.69) is 26.6 Å². The van der Waals surface area contributed by atoms with Crippen molar-refractivity contribution in [2.24, 2.45) is 16.6 Å². The van der Waals surface area contributed by atoms with Crippen molar-refractivity contribution in [3.05, 3.63) is 30.1 Å². The van der Waals surface area contributed by atoms with E-state index in [0.29, 0.717) is 11.9 Å². The number of halogens is 2. The molecule has 2 heterocycles. The highest BCUT2D eigenvalue weighted by Gasteiger charge is 2.19. The first-order chi connectivity index (χ1) is 12.1. The van der Waals surface area contributed by atoms with Crippen LogP contribution in [0.4, 0.5) is 10.1 Å². The third-order valence-electron chi connectivity index (χ3n) is 5.13. The SMILES string of the molecule is CC(CN=C(N)N1CCN(c2ccc(F)cc2)CC1)CN1CCCC1.I. The predicted octanol–water partition coefficient (Wildman–Crippen LogP) is 2.61. The summed E-state index contributed by atoms with van der Waals surface area (Å²) in [6.07, 6.45) is 2.66. The summed E-state index contributed by atoms with van der Waals surface area (Å²) >= 11 is 0. The Balaban J connectivity index is 0.00000243. The number of nitrogens with two attached hydrogens (primary N) is 1. The minimum absolute atomic E-state index is 0. The molecule has 1 aromatic carbocycles. The summed E-state index contributed by atoms with van der Waals surface area (Å²) in [5, 5.41) is 0. The largest absolute Gasteiger partial charge is 0.370 e. The lowest BCUT2D eigenvalue weighted by molar-refractivity contribution is 0.291. The number of piperazine rings is 1. The molecule has 0 saturated carbocycles. The minimum atomic E-state index is -0.193. The number of nitrogens with zero attached hydrogens (tertiary/aromatic N) is 4. The van der Waals surface area contributed by atoms with Crippen LogP contribution in [0.15, 0.2) is 29.3 Å². The van der Waals surface area contributed by atoms with Gasteiger partial charge in [-0.15, -0.1) is 24.0 Å². The van der Waals surface area contributed by atoms with Gasteiger partial charge in [0.1, 0.15) is 5.82 Å². The minimum Gasteiger partial charge on any atom is -0.370 e. The number of aliphatic imine (C=N–C) groups is 1. The molecule has 3 rings (SSSR count). The Labute approximate surface area is 173 Å². The van der Waals surface area contributed by atoms with Crippen LogP contribution in [0, 0.1) is 11.7 Å². The fraction of sp³-hybridized carbons (Fsp3) is 0.632. The number of benzene rings is 1. The third-order valence-corrected chi connectivity index (χ3v) is 5.13. The van der Waals surface area contributed by atoms with Crippen LogP contribution >= 0.6 is 24.0 Å². The Morgan fingerprint density at radius 1 is 1.08 bits per heavy atom. The van der Waals surface area contributed by atoms with Crippen LogP contribution in [0.3, 0.4) is 0 Å². The first-order valence-corrected chi connectivity index (χ1v) is 9.39. The van der Waals surface area contributed by atoms with Crippen LogP contribution in [-0.2, 0) is 0 Å². The molecule has 146 valence electrons. The monoisotopic (exact) mass is 475 g/mol. The Morgan fingerprint density at radius 3 is 2.31 bits per heavy atom. The first-order valence-electron chi connectivity index (χ1n) is 9.39. The molecule has 0 amide bonds. The second kappa shape index (κ2) is 10.3. The molecule has 0 bridgehead atoms. The summed E-state index contributed by atoms with van der Waals surface area (Å²) in [4.78, 5) is 11.6. The van der Waals surface area contributed by atoms with Gasteiger partial charge < -0.3 is 20.4 Å². The highest BCUT2D eigenvalue weighted by molar-refractivity contribution is 14.0. The van der Waals surface area contributed by atoms with Gasteiger partial charge >= 0.3 is 0 Å². The first kappa shape index (κ1) is 21.2. The van der Waals surface area contributed by atoms with Gasteiger partial charge in [0, 0.05) is 45.0 Å². The Hall–Kier alpha value is -1.09. The molecule has 0 radical (unpaired) electrons. The molecule has 2 aliphatic heterocycles. The molecule has 0 aromatic heterocycles. The van der Waals surface area contributed by atoms with E-state index in [1.807, 2.05) is 12.1 Å². The van der Waals surface area contributed by atoms with E-state index in [4.69, 9.17) is 5.73 Å². The summed E-state index contributed by atoms with van der Waals surface area (Å²) in [5.41, 5.74) is 7.27. The van der Waals surface area contributed by atoms with Crippen LogP contribution in [0.2, 0.25) is 0 Å². The molecular weight excluding hydrogens is 444 g/mol. The number of likely N-dealkylation sites (tertiary alicyclic amines) is 1. The van der Waals surface area contributed by atoms with Gasteiger partial charge in [-0.1, -0.05) is 6.92 Å². The van der Waals surface area contributed by atoms with Crippen molar-refractivity contribution in [1.82, 2.24) is 9.80 Å². The van der Waals surface area contributed by atoms with Gasteiger partial charge in [-0.25, -0.2) is 4.39 Å². The zero-order valence-electron chi connectivity index (χ0n) is 15.6. The van der Waals surface area contributed by atoms with Crippen molar-refractivity contribution in [3.63, 3.8) is 0 Å². The number of rotatable bonds is 5. The second-order valence-electron chi connectivity index (χ2n) is 7.26. The zero-order valence-corrected chi connectivity index (χ0v) is 17.9. The summed E-state index contributed by atoms with van der Waals surface area (Å²) in [7, 11) is 0. The van der Waals surface area contributed by atoms with E-state index in [-0.39, 0.29) is 29.8 Å². The summed E-state index contributed by atoms with van der Waals surface area (Å²) in [6, 6.07) is 6.70. The van der Waals surface area contributed by atoms with Crippen LogP contribution < -0.4 is 10.6 Å². The van der Waals surface area contributed by atoms with E-state index in [0.717, 1.165) is 45.0 Å². The van der Waals surface area contributed by atoms with Crippen molar-refractivity contribution in [3.8, 4) is 0 Å². The van der Waals surface area contributed by atoms with E-state index in [9.17, 15) is 4.39 Å². The van der Waals surface area contributed by atoms with E-state index in [1.54, 1.807) is 0 Å². The van der Waals surface area contributed by atoms with Crippen molar-refractivity contribution >= 4 is 35.6 Å². The smallest absolute Gasteiger partial charge is 0.191 e. The highest BCUT2D eigenvalue weighted by Crippen LogP contribution is 2.17. The Kier molecular flexibility index (Phi) is 8.40. The maximum absolute atomic E-state index is 13.0. The average molecular weight is 475 g/mol. The van der Waals surface area contributed by atoms with Crippen molar-refractivity contribution in [2.75, 3.05) is 57.3 Å². The molecule has 0 aliphatic carbocycles. The Morgan fingerprint density at radius 2 is 1.69 bits per heavy atom. The average Bonchev–Trinajstić information content (AvgIpc) is 3.13. The van der Waals surface area contributed by atoms with Crippen molar-refractivity contribution < 1.29 is 4.39 Å². The molecule has 1 atom stereocenters. The molecule has 7 heteroatoms. The third kappa shape index (κ3) is 5.97. The molecule has 2 N–H and O–H groups in total. The molecule has 26 heavy (non-hydrogen) atoms. The topological polar surface area (TPSA) is 48.1 Å². The lowest BCUT2D eigenvalue weighted by atomic mass is 10.2. The Bertz CT molecular complexity index is 566. The number of hydrogen-bond acceptors (Lipinski definition) is 3. The standard InChI is InChI=1S/C19H30FN5.HI/c1-16(15-23-8-2-3-9-23)14-22-19(21)25-12-10-24(11-13-25)18-6-4-17(20)5-7-18;/h4-7,16H,2-3,8-15H2,1H3,(H2,21,22);1H. The second-order valence-corrected chi connectivity index (χ2v) is 7.26. The van der Waals surface area contributed by atoms with Gasteiger partial charge in [-0.3, -0.25) is 4.99 Å². The van der Waals surface area contributed by atoms with Gasteiger partial charge in [0.05, 0.1) is 0 Å². The molecule has 1 unspecified atom stereocenters. The number of anilines is 1. The van der Waals surface area contributed by atoms with E-state index >= 15 is 0 Å². The number of guanidine groups is 1. The van der Waals surface area contributed by atoms with Gasteiger partial charge in [0.15, 0.2) is 5.96 Å². The predicted molar refractivity (Wildman–Crippen MR) is 117 cm³/mol. The lowest BCUT2D eigenvalue weighted by Gasteiger charge is -2.36. The lowest BCUT2D eigenvalue weighted by Crippen LogP contribution is -2.51. The maximum atomic E-state index is 13.0. The maximum Gasteiger partial charge on any atom is 0.191 e. The van der Waals surface area contributed by atoms with Crippen LogP contribution in [0.5, 0.6) is 0 Å². The molecule has 1 aromatic rings. The van der Waals surface area contributed by atoms with Crippen molar-refractivity contribution in [2.45, 2.75) is 19.8 Å². The van der Waals surface area contributed by atoms with Crippen LogP contribution in [-0.4, -0.2) is 68.1 Å². The van der Waals surface area contributed by atoms with E-state index in [1.165, 1.54) is 38.1 Å². The van der Waals surface area contributed by atoms with Crippen LogP contribution in [0.1, 0.15) is 19.8 Å². The molecule has 2 fully saturated rings. The summed E-state index contributed by atoms with van der Waals surface area (Å²) in [5.74, 6) is 1.01. The van der Waals surface area contributed by atoms with E-state index < -0.39 is 0 Å². The normalized spacial score (nSPS) is 20.2. The fourth-order valence-electron chi connectivity index (χ4n) is 3.66. The fourth-order valence-corrected chi connectivity index (χ4v) is 3.66. The van der Waals surface area contributed by atoms with Crippen LogP contribution in [0.25, 0.3) is 0 Å². The zero-order chi connectivity index (χ0) is 17.6. The quantitative estimate of drug-likeness (QED) is 0.404. The summed E-state index contributed by atoms with van der Waals surface area (Å²) in [6.45, 7) is 10.1. The highest BCUT2D eigenvalue weighted by atomic mass is 127. The molecule has 2 aliphatic rings. The molecule has 5 nitrogen and oxygen atoms in total.